The molecule has 1 unspecified atom stereocenters. The average molecular weight is 377 g/mol. The van der Waals surface area contributed by atoms with Crippen LogP contribution >= 0.6 is 0 Å². The van der Waals surface area contributed by atoms with E-state index in [-0.39, 0.29) is 31.9 Å². The van der Waals surface area contributed by atoms with E-state index in [2.05, 4.69) is 18.1 Å². The Labute approximate surface area is 164 Å². The van der Waals surface area contributed by atoms with Crippen LogP contribution in [0.15, 0.2) is 48.5 Å². The standard InChI is InChI=1S/C23H23NO4/c1-3-5-14-21(22(25)26)24(4-2)23(27)28-15-20-18-12-8-6-10-16(18)17-11-7-9-13-19(17)20/h1,6-13,20-21H,4-5,14-15H2,2H3,(H,25,26). The molecule has 0 saturated heterocycles. The van der Waals surface area contributed by atoms with Crippen molar-refractivity contribution >= 4 is 12.1 Å². The number of aliphatic carboxylic acids is 1. The van der Waals surface area contributed by atoms with Crippen LogP contribution in [-0.2, 0) is 9.53 Å². The maximum absolute atomic E-state index is 12.7. The second-order valence-electron chi connectivity index (χ2n) is 6.69. The van der Waals surface area contributed by atoms with Crippen LogP contribution in [0.3, 0.4) is 0 Å². The third-order valence-corrected chi connectivity index (χ3v) is 5.13. The number of nitrogens with zero attached hydrogens (tertiary/aromatic N) is 1. The van der Waals surface area contributed by atoms with Gasteiger partial charge in [-0.3, -0.25) is 4.90 Å². The van der Waals surface area contributed by atoms with Gasteiger partial charge in [0, 0.05) is 18.9 Å². The van der Waals surface area contributed by atoms with Gasteiger partial charge < -0.3 is 9.84 Å². The van der Waals surface area contributed by atoms with E-state index in [1.807, 2.05) is 36.4 Å². The Morgan fingerprint density at radius 2 is 1.71 bits per heavy atom. The van der Waals surface area contributed by atoms with Crippen molar-refractivity contribution in [3.05, 3.63) is 59.7 Å². The Balaban J connectivity index is 1.77. The zero-order valence-electron chi connectivity index (χ0n) is 15.8. The molecule has 28 heavy (non-hydrogen) atoms. The number of likely N-dealkylation sites (N-methyl/N-ethyl adjacent to an activating group) is 1. The van der Waals surface area contributed by atoms with Gasteiger partial charge in [-0.25, -0.2) is 9.59 Å². The SMILES string of the molecule is C#CCCC(C(=O)O)N(CC)C(=O)OCC1c2ccccc2-c2ccccc21. The summed E-state index contributed by atoms with van der Waals surface area (Å²) >= 11 is 0. The van der Waals surface area contributed by atoms with Crippen molar-refractivity contribution < 1.29 is 19.4 Å². The second kappa shape index (κ2) is 8.62. The number of hydrogen-bond acceptors (Lipinski definition) is 3. The number of fused-ring (bicyclic) bond motifs is 3. The molecule has 0 aliphatic heterocycles. The molecule has 1 aliphatic carbocycles. The van der Waals surface area contributed by atoms with Crippen LogP contribution in [-0.4, -0.2) is 41.3 Å². The number of hydrogen-bond donors (Lipinski definition) is 1. The van der Waals surface area contributed by atoms with Gasteiger partial charge in [0.2, 0.25) is 0 Å². The molecule has 5 heteroatoms. The van der Waals surface area contributed by atoms with Crippen molar-refractivity contribution in [1.82, 2.24) is 4.90 Å². The van der Waals surface area contributed by atoms with Gasteiger partial charge in [0.25, 0.3) is 0 Å². The van der Waals surface area contributed by atoms with E-state index < -0.39 is 18.1 Å². The number of terminal acetylenes is 1. The van der Waals surface area contributed by atoms with Crippen LogP contribution in [0.5, 0.6) is 0 Å². The van der Waals surface area contributed by atoms with Gasteiger partial charge in [0.15, 0.2) is 0 Å². The van der Waals surface area contributed by atoms with Crippen molar-refractivity contribution in [3.63, 3.8) is 0 Å². The van der Waals surface area contributed by atoms with E-state index in [0.717, 1.165) is 22.3 Å². The summed E-state index contributed by atoms with van der Waals surface area (Å²) in [6.45, 7) is 2.12. The zero-order chi connectivity index (χ0) is 20.1. The highest BCUT2D eigenvalue weighted by atomic mass is 16.6. The van der Waals surface area contributed by atoms with Gasteiger partial charge in [-0.15, -0.1) is 12.3 Å². The van der Waals surface area contributed by atoms with Gasteiger partial charge in [0.1, 0.15) is 12.6 Å². The molecule has 1 aliphatic rings. The summed E-state index contributed by atoms with van der Waals surface area (Å²) in [6.07, 6.45) is 5.10. The highest BCUT2D eigenvalue weighted by Crippen LogP contribution is 2.44. The predicted octanol–water partition coefficient (Wildman–Crippen LogP) is 4.12. The lowest BCUT2D eigenvalue weighted by Crippen LogP contribution is -2.45. The molecule has 0 spiro atoms. The number of amides is 1. The summed E-state index contributed by atoms with van der Waals surface area (Å²) in [7, 11) is 0. The minimum absolute atomic E-state index is 0.0657. The highest BCUT2D eigenvalue weighted by molar-refractivity contribution is 5.81. The number of carboxylic acids is 1. The van der Waals surface area contributed by atoms with Crippen LogP contribution in [0.1, 0.15) is 36.8 Å². The van der Waals surface area contributed by atoms with Gasteiger partial charge in [-0.05, 0) is 35.6 Å². The number of benzene rings is 2. The average Bonchev–Trinajstić information content (AvgIpc) is 3.03. The minimum Gasteiger partial charge on any atom is -0.480 e. The molecule has 0 fully saturated rings. The highest BCUT2D eigenvalue weighted by Gasteiger charge is 2.32. The van der Waals surface area contributed by atoms with Gasteiger partial charge in [-0.2, -0.15) is 0 Å². The lowest BCUT2D eigenvalue weighted by atomic mass is 9.98. The summed E-state index contributed by atoms with van der Waals surface area (Å²) in [4.78, 5) is 25.5. The van der Waals surface area contributed by atoms with Crippen LogP contribution in [0.2, 0.25) is 0 Å². The first-order valence-electron chi connectivity index (χ1n) is 9.36. The van der Waals surface area contributed by atoms with E-state index in [4.69, 9.17) is 11.2 Å². The molecular weight excluding hydrogens is 354 g/mol. The lowest BCUT2D eigenvalue weighted by Gasteiger charge is -2.27. The number of ether oxygens (including phenoxy) is 1. The number of carbonyl (C=O) groups excluding carboxylic acids is 1. The summed E-state index contributed by atoms with van der Waals surface area (Å²) in [5, 5.41) is 9.47. The number of carbonyl (C=O) groups is 2. The topological polar surface area (TPSA) is 66.8 Å². The molecule has 2 aromatic rings. The molecule has 0 aromatic heterocycles. The molecule has 0 heterocycles. The van der Waals surface area contributed by atoms with Crippen molar-refractivity contribution in [3.8, 4) is 23.5 Å². The van der Waals surface area contributed by atoms with Gasteiger partial charge in [-0.1, -0.05) is 48.5 Å². The van der Waals surface area contributed by atoms with Gasteiger partial charge in [0.05, 0.1) is 0 Å². The molecule has 5 nitrogen and oxygen atoms in total. The Hall–Kier alpha value is -3.26. The van der Waals surface area contributed by atoms with E-state index in [1.165, 1.54) is 4.90 Å². The largest absolute Gasteiger partial charge is 0.480 e. The normalized spacial score (nSPS) is 13.1. The molecule has 144 valence electrons. The predicted molar refractivity (Wildman–Crippen MR) is 107 cm³/mol. The molecule has 1 N–H and O–H groups in total. The van der Waals surface area contributed by atoms with Crippen LogP contribution < -0.4 is 0 Å². The number of rotatable bonds is 7. The van der Waals surface area contributed by atoms with Crippen LogP contribution in [0, 0.1) is 12.3 Å². The molecule has 1 amide bonds. The quantitative estimate of drug-likeness (QED) is 0.737. The molecule has 1 atom stereocenters. The number of carboxylic acid groups (broad SMARTS) is 1. The zero-order valence-corrected chi connectivity index (χ0v) is 15.8. The van der Waals surface area contributed by atoms with Crippen molar-refractivity contribution in [2.45, 2.75) is 31.7 Å². The fourth-order valence-electron chi connectivity index (χ4n) is 3.79. The van der Waals surface area contributed by atoms with Crippen molar-refractivity contribution in [1.29, 1.82) is 0 Å². The molecule has 0 radical (unpaired) electrons. The Bertz CT molecular complexity index is 869. The fourth-order valence-corrected chi connectivity index (χ4v) is 3.79. The Kier molecular flexibility index (Phi) is 6.00. The van der Waals surface area contributed by atoms with Crippen LogP contribution in [0.4, 0.5) is 4.79 Å². The third-order valence-electron chi connectivity index (χ3n) is 5.13. The molecule has 0 bridgehead atoms. The smallest absolute Gasteiger partial charge is 0.410 e. The summed E-state index contributed by atoms with van der Waals surface area (Å²) in [5.41, 5.74) is 4.51. The monoisotopic (exact) mass is 377 g/mol. The molecule has 2 aromatic carbocycles. The van der Waals surface area contributed by atoms with E-state index >= 15 is 0 Å². The first kappa shape index (κ1) is 19.5. The van der Waals surface area contributed by atoms with E-state index in [0.29, 0.717) is 0 Å². The Morgan fingerprint density at radius 3 is 2.21 bits per heavy atom. The van der Waals surface area contributed by atoms with E-state index in [1.54, 1.807) is 6.92 Å². The Morgan fingerprint density at radius 1 is 1.14 bits per heavy atom. The maximum Gasteiger partial charge on any atom is 0.410 e. The lowest BCUT2D eigenvalue weighted by molar-refractivity contribution is -0.142. The fraction of sp³-hybridized carbons (Fsp3) is 0.304. The molecule has 0 saturated carbocycles. The summed E-state index contributed by atoms with van der Waals surface area (Å²) in [5.74, 6) is 1.28. The minimum atomic E-state index is -1.08. The maximum atomic E-state index is 12.7. The van der Waals surface area contributed by atoms with Gasteiger partial charge >= 0.3 is 12.1 Å². The first-order valence-corrected chi connectivity index (χ1v) is 9.36. The molecule has 3 rings (SSSR count). The first-order chi connectivity index (χ1) is 13.6. The van der Waals surface area contributed by atoms with E-state index in [9.17, 15) is 14.7 Å². The second-order valence-corrected chi connectivity index (χ2v) is 6.69. The van der Waals surface area contributed by atoms with Crippen molar-refractivity contribution in [2.24, 2.45) is 0 Å². The van der Waals surface area contributed by atoms with Crippen molar-refractivity contribution in [2.75, 3.05) is 13.2 Å². The third kappa shape index (κ3) is 3.72. The summed E-state index contributed by atoms with van der Waals surface area (Å²) in [6, 6.07) is 15.1. The molecular formula is C23H23NO4. The van der Waals surface area contributed by atoms with Crippen LogP contribution in [0.25, 0.3) is 11.1 Å². The summed E-state index contributed by atoms with van der Waals surface area (Å²) < 4.78 is 5.58.